The van der Waals surface area contributed by atoms with Crippen LogP contribution < -0.4 is 5.73 Å². The van der Waals surface area contributed by atoms with Crippen molar-refractivity contribution >= 4 is 31.9 Å². The van der Waals surface area contributed by atoms with Gasteiger partial charge in [0.05, 0.1) is 15.9 Å². The zero-order chi connectivity index (χ0) is 14.9. The Balaban J connectivity index is 2.27. The lowest BCUT2D eigenvalue weighted by Gasteiger charge is -2.14. The summed E-state index contributed by atoms with van der Waals surface area (Å²) < 4.78 is 4.19. The number of aromatic nitrogens is 2. The molecule has 1 unspecified atom stereocenters. The van der Waals surface area contributed by atoms with Crippen LogP contribution in [0, 0.1) is 13.8 Å². The van der Waals surface area contributed by atoms with Gasteiger partial charge in [0.1, 0.15) is 0 Å². The van der Waals surface area contributed by atoms with Crippen LogP contribution in [0.15, 0.2) is 27.1 Å². The minimum absolute atomic E-state index is 0.0374. The van der Waals surface area contributed by atoms with E-state index < -0.39 is 0 Å². The Bertz CT molecular complexity index is 620. The maximum atomic E-state index is 6.36. The van der Waals surface area contributed by atoms with Crippen LogP contribution in [-0.4, -0.2) is 9.78 Å². The Kier molecular flexibility index (Phi) is 5.04. The summed E-state index contributed by atoms with van der Waals surface area (Å²) in [7, 11) is 0. The van der Waals surface area contributed by atoms with Crippen molar-refractivity contribution in [3.8, 4) is 0 Å². The number of nitrogens with two attached hydrogens (primary N) is 1. The monoisotopic (exact) mass is 399 g/mol. The Hall–Kier alpha value is -0.650. The molecule has 1 heterocycles. The molecule has 0 aliphatic rings. The fraction of sp³-hybridized carbons (Fsp3) is 0.400. The van der Waals surface area contributed by atoms with Gasteiger partial charge in [0, 0.05) is 23.5 Å². The van der Waals surface area contributed by atoms with Gasteiger partial charge >= 0.3 is 0 Å². The Morgan fingerprint density at radius 3 is 2.60 bits per heavy atom. The molecule has 0 radical (unpaired) electrons. The first-order chi connectivity index (χ1) is 9.43. The van der Waals surface area contributed by atoms with Gasteiger partial charge in [0.25, 0.3) is 0 Å². The van der Waals surface area contributed by atoms with Crippen LogP contribution in [0.4, 0.5) is 0 Å². The molecule has 0 bridgehead atoms. The summed E-state index contributed by atoms with van der Waals surface area (Å²) in [6.07, 6.45) is 0.769. The van der Waals surface area contributed by atoms with E-state index in [4.69, 9.17) is 5.73 Å². The number of halogens is 2. The Morgan fingerprint density at radius 2 is 2.00 bits per heavy atom. The summed E-state index contributed by atoms with van der Waals surface area (Å²) in [6.45, 7) is 7.03. The summed E-state index contributed by atoms with van der Waals surface area (Å²) in [5.74, 6) is 0. The fourth-order valence-corrected chi connectivity index (χ4v) is 3.07. The van der Waals surface area contributed by atoms with E-state index in [1.807, 2.05) is 11.6 Å². The summed E-state index contributed by atoms with van der Waals surface area (Å²) >= 11 is 7.18. The number of rotatable bonds is 4. The van der Waals surface area contributed by atoms with Gasteiger partial charge < -0.3 is 5.73 Å². The van der Waals surface area contributed by atoms with Crippen LogP contribution in [0.2, 0.25) is 0 Å². The minimum Gasteiger partial charge on any atom is -0.324 e. The first-order valence-corrected chi connectivity index (χ1v) is 8.26. The predicted molar refractivity (Wildman–Crippen MR) is 89.8 cm³/mol. The van der Waals surface area contributed by atoms with Crippen molar-refractivity contribution in [1.29, 1.82) is 0 Å². The van der Waals surface area contributed by atoms with Crippen molar-refractivity contribution < 1.29 is 0 Å². The number of benzene rings is 1. The highest BCUT2D eigenvalue weighted by atomic mass is 79.9. The molecular weight excluding hydrogens is 382 g/mol. The number of hydrogen-bond acceptors (Lipinski definition) is 2. The summed E-state index contributed by atoms with van der Waals surface area (Å²) in [6, 6.07) is 6.26. The van der Waals surface area contributed by atoms with Crippen LogP contribution in [-0.2, 0) is 13.0 Å². The standard InChI is InChI=1S/C15H19Br2N3/c1-4-20-14(15(17)10(3)19-20)8-13(18)11-6-5-9(2)12(16)7-11/h5-7,13H,4,8,18H2,1-3H3. The molecule has 2 N–H and O–H groups in total. The summed E-state index contributed by atoms with van der Waals surface area (Å²) in [5, 5.41) is 4.51. The normalized spacial score (nSPS) is 12.7. The highest BCUT2D eigenvalue weighted by molar-refractivity contribution is 9.10. The van der Waals surface area contributed by atoms with Gasteiger partial charge in [0.15, 0.2) is 0 Å². The first kappa shape index (κ1) is 15.7. The van der Waals surface area contributed by atoms with Crippen molar-refractivity contribution in [2.24, 2.45) is 5.73 Å². The minimum atomic E-state index is -0.0374. The Labute approximate surface area is 136 Å². The van der Waals surface area contributed by atoms with Crippen LogP contribution in [0.1, 0.15) is 35.5 Å². The van der Waals surface area contributed by atoms with Gasteiger partial charge in [-0.15, -0.1) is 0 Å². The zero-order valence-electron chi connectivity index (χ0n) is 12.0. The lowest BCUT2D eigenvalue weighted by Crippen LogP contribution is -2.16. The van der Waals surface area contributed by atoms with E-state index in [1.54, 1.807) is 0 Å². The fourth-order valence-electron chi connectivity index (χ4n) is 2.23. The van der Waals surface area contributed by atoms with Crippen LogP contribution in [0.25, 0.3) is 0 Å². The second-order valence-electron chi connectivity index (χ2n) is 4.98. The molecule has 20 heavy (non-hydrogen) atoms. The molecule has 1 aromatic carbocycles. The van der Waals surface area contributed by atoms with Crippen molar-refractivity contribution in [3.05, 3.63) is 49.7 Å². The number of aryl methyl sites for hydroxylation is 3. The van der Waals surface area contributed by atoms with Gasteiger partial charge in [-0.25, -0.2) is 0 Å². The molecule has 0 saturated carbocycles. The van der Waals surface area contributed by atoms with Gasteiger partial charge in [0.2, 0.25) is 0 Å². The maximum absolute atomic E-state index is 6.36. The molecule has 3 nitrogen and oxygen atoms in total. The maximum Gasteiger partial charge on any atom is 0.0738 e. The molecule has 0 aliphatic heterocycles. The summed E-state index contributed by atoms with van der Waals surface area (Å²) in [4.78, 5) is 0. The average molecular weight is 401 g/mol. The van der Waals surface area contributed by atoms with Gasteiger partial charge in [-0.1, -0.05) is 28.1 Å². The van der Waals surface area contributed by atoms with Crippen molar-refractivity contribution in [1.82, 2.24) is 9.78 Å². The molecular formula is C15H19Br2N3. The third-order valence-corrected chi connectivity index (χ3v) is 5.38. The lowest BCUT2D eigenvalue weighted by atomic mass is 10.0. The average Bonchev–Trinajstić information content (AvgIpc) is 2.69. The van der Waals surface area contributed by atoms with E-state index in [0.29, 0.717) is 0 Å². The lowest BCUT2D eigenvalue weighted by molar-refractivity contribution is 0.586. The topological polar surface area (TPSA) is 43.8 Å². The molecule has 0 aliphatic carbocycles. The third kappa shape index (κ3) is 3.15. The molecule has 0 spiro atoms. The molecule has 0 saturated heterocycles. The highest BCUT2D eigenvalue weighted by Crippen LogP contribution is 2.27. The van der Waals surface area contributed by atoms with Crippen LogP contribution in [0.3, 0.4) is 0 Å². The van der Waals surface area contributed by atoms with E-state index in [1.165, 1.54) is 5.56 Å². The Morgan fingerprint density at radius 1 is 1.30 bits per heavy atom. The zero-order valence-corrected chi connectivity index (χ0v) is 15.1. The van der Waals surface area contributed by atoms with Gasteiger partial charge in [-0.3, -0.25) is 4.68 Å². The van der Waals surface area contributed by atoms with Crippen molar-refractivity contribution in [2.45, 2.75) is 39.8 Å². The largest absolute Gasteiger partial charge is 0.324 e. The van der Waals surface area contributed by atoms with Gasteiger partial charge in [-0.05, 0) is 53.9 Å². The molecule has 108 valence electrons. The van der Waals surface area contributed by atoms with Crippen LogP contribution >= 0.6 is 31.9 Å². The predicted octanol–water partition coefficient (Wildman–Crippen LogP) is 4.29. The molecule has 2 aromatic rings. The highest BCUT2D eigenvalue weighted by Gasteiger charge is 2.16. The molecule has 2 rings (SSSR count). The first-order valence-electron chi connectivity index (χ1n) is 6.67. The second kappa shape index (κ2) is 6.41. The van der Waals surface area contributed by atoms with E-state index in [-0.39, 0.29) is 6.04 Å². The molecule has 5 heteroatoms. The molecule has 1 aromatic heterocycles. The molecule has 0 fully saturated rings. The van der Waals surface area contributed by atoms with E-state index in [0.717, 1.165) is 38.9 Å². The number of nitrogens with zero attached hydrogens (tertiary/aromatic N) is 2. The summed E-state index contributed by atoms with van der Waals surface area (Å²) in [5.41, 5.74) is 10.9. The molecule has 0 amide bonds. The van der Waals surface area contributed by atoms with E-state index in [9.17, 15) is 0 Å². The van der Waals surface area contributed by atoms with Crippen molar-refractivity contribution in [3.63, 3.8) is 0 Å². The van der Waals surface area contributed by atoms with Gasteiger partial charge in [-0.2, -0.15) is 5.10 Å². The smallest absolute Gasteiger partial charge is 0.0738 e. The number of hydrogen-bond donors (Lipinski definition) is 1. The van der Waals surface area contributed by atoms with E-state index >= 15 is 0 Å². The quantitative estimate of drug-likeness (QED) is 0.831. The molecule has 1 atom stereocenters. The second-order valence-corrected chi connectivity index (χ2v) is 6.63. The van der Waals surface area contributed by atoms with Crippen molar-refractivity contribution in [2.75, 3.05) is 0 Å². The van der Waals surface area contributed by atoms with Crippen LogP contribution in [0.5, 0.6) is 0 Å². The third-order valence-electron chi connectivity index (χ3n) is 3.49. The van der Waals surface area contributed by atoms with E-state index in [2.05, 4.69) is 69.0 Å². The SMILES string of the molecule is CCn1nc(C)c(Br)c1CC(N)c1ccc(C)c(Br)c1.